The number of carboxylic acid groups (broad SMARTS) is 1. The molecule has 3 N–H and O–H groups in total. The van der Waals surface area contributed by atoms with Crippen LogP contribution in [0.25, 0.3) is 0 Å². The van der Waals surface area contributed by atoms with Crippen molar-refractivity contribution in [2.45, 2.75) is 13.3 Å². The van der Waals surface area contributed by atoms with Gasteiger partial charge in [0.05, 0.1) is 4.88 Å². The Hall–Kier alpha value is -1.40. The summed E-state index contributed by atoms with van der Waals surface area (Å²) >= 11 is 0.990. The molecule has 1 heterocycles. The van der Waals surface area contributed by atoms with Gasteiger partial charge in [0, 0.05) is 6.54 Å². The monoisotopic (exact) mass is 256 g/mol. The standard InChI is InChI=1S/C11H16N2O3S/c1-2-12-6-3-7-13-10(14)8-4-5-9(17-8)11(15)16/h4-5,12H,2-3,6-7H2,1H3,(H,13,14)(H,15,16). The predicted octanol–water partition coefficient (Wildman–Crippen LogP) is 1.18. The van der Waals surface area contributed by atoms with E-state index in [9.17, 15) is 9.59 Å². The molecule has 1 aromatic heterocycles. The van der Waals surface area contributed by atoms with E-state index in [2.05, 4.69) is 10.6 Å². The Morgan fingerprint density at radius 2 is 2.00 bits per heavy atom. The minimum Gasteiger partial charge on any atom is -0.477 e. The first kappa shape index (κ1) is 13.7. The van der Waals surface area contributed by atoms with Crippen molar-refractivity contribution in [2.75, 3.05) is 19.6 Å². The van der Waals surface area contributed by atoms with Gasteiger partial charge in [0.25, 0.3) is 5.91 Å². The minimum absolute atomic E-state index is 0.183. The number of hydrogen-bond acceptors (Lipinski definition) is 4. The summed E-state index contributed by atoms with van der Waals surface area (Å²) in [6.45, 7) is 4.40. The van der Waals surface area contributed by atoms with E-state index < -0.39 is 5.97 Å². The Bertz CT molecular complexity index is 390. The Balaban J connectivity index is 2.34. The Kier molecular flexibility index (Phi) is 5.65. The Labute approximate surface area is 104 Å². The van der Waals surface area contributed by atoms with Crippen LogP contribution in [0.1, 0.15) is 32.7 Å². The van der Waals surface area contributed by atoms with E-state index >= 15 is 0 Å². The van der Waals surface area contributed by atoms with E-state index in [4.69, 9.17) is 5.11 Å². The molecule has 0 fully saturated rings. The van der Waals surface area contributed by atoms with E-state index in [1.54, 1.807) is 0 Å². The van der Waals surface area contributed by atoms with Crippen LogP contribution in [0.2, 0.25) is 0 Å². The fourth-order valence-corrected chi connectivity index (χ4v) is 2.02. The topological polar surface area (TPSA) is 78.4 Å². The summed E-state index contributed by atoms with van der Waals surface area (Å²) in [5.74, 6) is -1.21. The summed E-state index contributed by atoms with van der Waals surface area (Å²) in [5, 5.41) is 14.6. The van der Waals surface area contributed by atoms with Crippen LogP contribution in [-0.4, -0.2) is 36.6 Å². The van der Waals surface area contributed by atoms with Crippen LogP contribution >= 0.6 is 11.3 Å². The van der Waals surface area contributed by atoms with Gasteiger partial charge >= 0.3 is 5.97 Å². The minimum atomic E-state index is -0.999. The zero-order chi connectivity index (χ0) is 12.7. The third-order valence-corrected chi connectivity index (χ3v) is 3.18. The van der Waals surface area contributed by atoms with Gasteiger partial charge in [0.15, 0.2) is 0 Å². The molecule has 6 heteroatoms. The number of nitrogens with one attached hydrogen (secondary N) is 2. The summed E-state index contributed by atoms with van der Waals surface area (Å²) < 4.78 is 0. The number of carboxylic acids is 1. The lowest BCUT2D eigenvalue weighted by Gasteiger charge is -2.03. The molecule has 0 saturated heterocycles. The van der Waals surface area contributed by atoms with Crippen molar-refractivity contribution in [3.63, 3.8) is 0 Å². The van der Waals surface area contributed by atoms with Crippen molar-refractivity contribution in [1.82, 2.24) is 10.6 Å². The molecule has 0 aliphatic carbocycles. The maximum absolute atomic E-state index is 11.6. The Morgan fingerprint density at radius 3 is 2.59 bits per heavy atom. The molecule has 1 amide bonds. The number of carbonyl (C=O) groups is 2. The molecule has 0 aromatic carbocycles. The molecule has 0 spiro atoms. The zero-order valence-corrected chi connectivity index (χ0v) is 10.5. The number of carbonyl (C=O) groups excluding carboxylic acids is 1. The molecule has 1 rings (SSSR count). The second-order valence-corrected chi connectivity index (χ2v) is 4.52. The first-order valence-electron chi connectivity index (χ1n) is 5.47. The lowest BCUT2D eigenvalue weighted by atomic mass is 10.3. The highest BCUT2D eigenvalue weighted by atomic mass is 32.1. The van der Waals surface area contributed by atoms with Gasteiger partial charge in [-0.15, -0.1) is 11.3 Å². The van der Waals surface area contributed by atoms with E-state index in [1.165, 1.54) is 12.1 Å². The van der Waals surface area contributed by atoms with E-state index in [0.29, 0.717) is 11.4 Å². The van der Waals surface area contributed by atoms with Gasteiger partial charge in [-0.2, -0.15) is 0 Å². The number of amides is 1. The molecule has 0 atom stereocenters. The maximum Gasteiger partial charge on any atom is 0.345 e. The molecule has 5 nitrogen and oxygen atoms in total. The van der Waals surface area contributed by atoms with Crippen LogP contribution < -0.4 is 10.6 Å². The van der Waals surface area contributed by atoms with Gasteiger partial charge in [-0.1, -0.05) is 6.92 Å². The highest BCUT2D eigenvalue weighted by Gasteiger charge is 2.11. The molecule has 94 valence electrons. The summed E-state index contributed by atoms with van der Waals surface area (Å²) in [6, 6.07) is 2.98. The van der Waals surface area contributed by atoms with E-state index in [1.807, 2.05) is 6.92 Å². The van der Waals surface area contributed by atoms with Crippen molar-refractivity contribution in [3.05, 3.63) is 21.9 Å². The molecular weight excluding hydrogens is 240 g/mol. The highest BCUT2D eigenvalue weighted by molar-refractivity contribution is 7.15. The van der Waals surface area contributed by atoms with Gasteiger partial charge in [-0.25, -0.2) is 4.79 Å². The molecule has 0 bridgehead atoms. The molecule has 0 aliphatic heterocycles. The number of aromatic carboxylic acids is 1. The van der Waals surface area contributed by atoms with E-state index in [-0.39, 0.29) is 10.8 Å². The van der Waals surface area contributed by atoms with Crippen molar-refractivity contribution in [3.8, 4) is 0 Å². The number of rotatable bonds is 7. The van der Waals surface area contributed by atoms with Gasteiger partial charge < -0.3 is 15.7 Å². The SMILES string of the molecule is CCNCCCNC(=O)c1ccc(C(=O)O)s1. The quantitative estimate of drug-likeness (QED) is 0.640. The first-order valence-corrected chi connectivity index (χ1v) is 6.29. The molecule has 0 radical (unpaired) electrons. The summed E-state index contributed by atoms with van der Waals surface area (Å²) in [5.41, 5.74) is 0. The molecule has 1 aromatic rings. The lowest BCUT2D eigenvalue weighted by molar-refractivity contribution is 0.0702. The normalized spacial score (nSPS) is 10.2. The van der Waals surface area contributed by atoms with Crippen LogP contribution in [0.5, 0.6) is 0 Å². The molecule has 0 saturated carbocycles. The lowest BCUT2D eigenvalue weighted by Crippen LogP contribution is -2.26. The van der Waals surface area contributed by atoms with Crippen LogP contribution in [0, 0.1) is 0 Å². The Morgan fingerprint density at radius 1 is 1.29 bits per heavy atom. The second kappa shape index (κ2) is 7.03. The third kappa shape index (κ3) is 4.54. The van der Waals surface area contributed by atoms with Crippen LogP contribution in [0.4, 0.5) is 0 Å². The van der Waals surface area contributed by atoms with Crippen LogP contribution in [-0.2, 0) is 0 Å². The average Bonchev–Trinajstić information content (AvgIpc) is 2.78. The van der Waals surface area contributed by atoms with Crippen molar-refractivity contribution < 1.29 is 14.7 Å². The predicted molar refractivity (Wildman–Crippen MR) is 66.8 cm³/mol. The summed E-state index contributed by atoms with van der Waals surface area (Å²) in [7, 11) is 0. The molecule has 0 aliphatic rings. The maximum atomic E-state index is 11.6. The molecule has 0 unspecified atom stereocenters. The zero-order valence-electron chi connectivity index (χ0n) is 9.66. The van der Waals surface area contributed by atoms with Gasteiger partial charge in [-0.05, 0) is 31.6 Å². The van der Waals surface area contributed by atoms with Gasteiger partial charge in [0.2, 0.25) is 0 Å². The molecule has 17 heavy (non-hydrogen) atoms. The fraction of sp³-hybridized carbons (Fsp3) is 0.455. The highest BCUT2D eigenvalue weighted by Crippen LogP contribution is 2.15. The van der Waals surface area contributed by atoms with Gasteiger partial charge in [0.1, 0.15) is 4.88 Å². The van der Waals surface area contributed by atoms with Crippen molar-refractivity contribution >= 4 is 23.2 Å². The van der Waals surface area contributed by atoms with Crippen molar-refractivity contribution in [2.24, 2.45) is 0 Å². The first-order chi connectivity index (χ1) is 8.15. The third-order valence-electron chi connectivity index (χ3n) is 2.11. The summed E-state index contributed by atoms with van der Waals surface area (Å²) in [4.78, 5) is 22.9. The molecular formula is C11H16N2O3S. The summed E-state index contributed by atoms with van der Waals surface area (Å²) in [6.07, 6.45) is 0.858. The van der Waals surface area contributed by atoms with E-state index in [0.717, 1.165) is 30.8 Å². The van der Waals surface area contributed by atoms with Crippen molar-refractivity contribution in [1.29, 1.82) is 0 Å². The number of hydrogen-bond donors (Lipinski definition) is 3. The largest absolute Gasteiger partial charge is 0.477 e. The fourth-order valence-electron chi connectivity index (χ4n) is 1.25. The van der Waals surface area contributed by atoms with Gasteiger partial charge in [-0.3, -0.25) is 4.79 Å². The second-order valence-electron chi connectivity index (χ2n) is 3.43. The van der Waals surface area contributed by atoms with Crippen LogP contribution in [0.3, 0.4) is 0 Å². The smallest absolute Gasteiger partial charge is 0.345 e. The average molecular weight is 256 g/mol. The van der Waals surface area contributed by atoms with Crippen LogP contribution in [0.15, 0.2) is 12.1 Å². The number of thiophene rings is 1.